The van der Waals surface area contributed by atoms with E-state index in [2.05, 4.69) is 4.72 Å². The van der Waals surface area contributed by atoms with Gasteiger partial charge in [-0.1, -0.05) is 0 Å². The van der Waals surface area contributed by atoms with Crippen molar-refractivity contribution in [1.82, 2.24) is 9.03 Å². The van der Waals surface area contributed by atoms with Crippen LogP contribution in [0.3, 0.4) is 0 Å². The number of hydrogen-bond acceptors (Lipinski definition) is 5. The molecule has 0 unspecified atom stereocenters. The van der Waals surface area contributed by atoms with Gasteiger partial charge in [0.05, 0.1) is 24.0 Å². The Balaban J connectivity index is 2.05. The normalized spacial score (nSPS) is 12.6. The van der Waals surface area contributed by atoms with E-state index >= 15 is 0 Å². The average Bonchev–Trinajstić information content (AvgIpc) is 2.97. The molecular weight excluding hydrogens is 371 g/mol. The van der Waals surface area contributed by atoms with E-state index in [1.54, 1.807) is 12.1 Å². The molecular formula is C15H19FN2O5S2. The molecule has 0 aliphatic rings. The summed E-state index contributed by atoms with van der Waals surface area (Å²) in [5.74, 6) is -0.0826. The van der Waals surface area contributed by atoms with Gasteiger partial charge >= 0.3 is 0 Å². The van der Waals surface area contributed by atoms with Gasteiger partial charge in [0.15, 0.2) is 0 Å². The first-order chi connectivity index (χ1) is 11.6. The number of nitrogens with zero attached hydrogens (tertiary/aromatic N) is 1. The summed E-state index contributed by atoms with van der Waals surface area (Å²) < 4.78 is 69.9. The Kier molecular flexibility index (Phi) is 5.99. The molecule has 0 atom stereocenters. The zero-order valence-corrected chi connectivity index (χ0v) is 15.4. The van der Waals surface area contributed by atoms with Crippen molar-refractivity contribution in [2.24, 2.45) is 0 Å². The van der Waals surface area contributed by atoms with Gasteiger partial charge in [-0.3, -0.25) is 0 Å². The molecule has 1 aromatic carbocycles. The topological polar surface area (TPSA) is 96.7 Å². The third kappa shape index (κ3) is 5.36. The lowest BCUT2D eigenvalue weighted by Gasteiger charge is -2.19. The number of benzene rings is 1. The van der Waals surface area contributed by atoms with E-state index in [4.69, 9.17) is 4.42 Å². The molecule has 0 saturated heterocycles. The van der Waals surface area contributed by atoms with Crippen molar-refractivity contribution in [2.75, 3.05) is 19.3 Å². The van der Waals surface area contributed by atoms with Crippen LogP contribution in [-0.4, -0.2) is 40.5 Å². The number of halogens is 1. The number of hydrogen-bond donors (Lipinski definition) is 1. The Morgan fingerprint density at radius 2 is 1.92 bits per heavy atom. The van der Waals surface area contributed by atoms with Crippen molar-refractivity contribution >= 4 is 20.0 Å². The summed E-state index contributed by atoms with van der Waals surface area (Å²) in [6.07, 6.45) is 2.46. The maximum Gasteiger partial charge on any atom is 0.240 e. The summed E-state index contributed by atoms with van der Waals surface area (Å²) in [6.45, 7) is 1.28. The number of sulfonamides is 2. The molecule has 0 amide bonds. The molecule has 2 rings (SSSR count). The van der Waals surface area contributed by atoms with Gasteiger partial charge in [-0.05, 0) is 42.8 Å². The Bertz CT molecular complexity index is 925. The highest BCUT2D eigenvalue weighted by Gasteiger charge is 2.21. The minimum absolute atomic E-state index is 0.00311. The summed E-state index contributed by atoms with van der Waals surface area (Å²) in [5, 5.41) is 0. The van der Waals surface area contributed by atoms with Crippen molar-refractivity contribution in [3.05, 3.63) is 53.7 Å². The highest BCUT2D eigenvalue weighted by molar-refractivity contribution is 7.89. The molecule has 1 heterocycles. The maximum absolute atomic E-state index is 13.1. The Hall–Kier alpha value is -1.75. The predicted octanol–water partition coefficient (Wildman–Crippen LogP) is 1.47. The predicted molar refractivity (Wildman–Crippen MR) is 90.3 cm³/mol. The monoisotopic (exact) mass is 390 g/mol. The molecule has 1 N–H and O–H groups in total. The second-order valence-corrected chi connectivity index (χ2v) is 9.20. The summed E-state index contributed by atoms with van der Waals surface area (Å²) in [6, 6.07) is 6.61. The Morgan fingerprint density at radius 1 is 1.20 bits per heavy atom. The molecule has 2 aromatic rings. The molecule has 25 heavy (non-hydrogen) atoms. The first-order valence-corrected chi connectivity index (χ1v) is 10.7. The number of nitrogens with one attached hydrogen (secondary N) is 1. The number of rotatable bonds is 8. The van der Waals surface area contributed by atoms with Crippen LogP contribution in [0.1, 0.15) is 11.3 Å². The van der Waals surface area contributed by atoms with Crippen molar-refractivity contribution in [2.45, 2.75) is 18.4 Å². The standard InChI is InChI=1S/C15H19FN2O5S2/c1-12-10-13(16)5-6-15(12)25(21,22)17-7-8-18(24(2,19)20)11-14-4-3-9-23-14/h3-6,9-10,17H,7-8,11H2,1-2H3. The molecule has 0 fully saturated rings. The molecule has 1 aromatic heterocycles. The van der Waals surface area contributed by atoms with E-state index in [0.29, 0.717) is 5.76 Å². The van der Waals surface area contributed by atoms with Gasteiger partial charge in [-0.25, -0.2) is 25.9 Å². The van der Waals surface area contributed by atoms with E-state index in [0.717, 1.165) is 22.7 Å². The molecule has 0 aliphatic heterocycles. The molecule has 10 heteroatoms. The van der Waals surface area contributed by atoms with Gasteiger partial charge < -0.3 is 4.42 Å². The van der Waals surface area contributed by atoms with Gasteiger partial charge in [-0.2, -0.15) is 4.31 Å². The Labute approximate surface area is 146 Å². The largest absolute Gasteiger partial charge is 0.468 e. The lowest BCUT2D eigenvalue weighted by Crippen LogP contribution is -2.37. The number of furan rings is 1. The SMILES string of the molecule is Cc1cc(F)ccc1S(=O)(=O)NCCN(Cc1ccco1)S(C)(=O)=O. The lowest BCUT2D eigenvalue weighted by molar-refractivity contribution is 0.368. The fraction of sp³-hybridized carbons (Fsp3) is 0.333. The molecule has 0 spiro atoms. The highest BCUT2D eigenvalue weighted by Crippen LogP contribution is 2.16. The van der Waals surface area contributed by atoms with Crippen LogP contribution in [0.15, 0.2) is 45.9 Å². The lowest BCUT2D eigenvalue weighted by atomic mass is 10.2. The summed E-state index contributed by atoms with van der Waals surface area (Å²) >= 11 is 0. The highest BCUT2D eigenvalue weighted by atomic mass is 32.2. The summed E-state index contributed by atoms with van der Waals surface area (Å²) in [7, 11) is -7.42. The zero-order chi connectivity index (χ0) is 18.7. The summed E-state index contributed by atoms with van der Waals surface area (Å²) in [5.41, 5.74) is 0.267. The van der Waals surface area contributed by atoms with Gasteiger partial charge in [0.1, 0.15) is 11.6 Å². The minimum atomic E-state index is -3.87. The van der Waals surface area contributed by atoms with Crippen LogP contribution in [0.25, 0.3) is 0 Å². The van der Waals surface area contributed by atoms with E-state index in [-0.39, 0.29) is 30.1 Å². The quantitative estimate of drug-likeness (QED) is 0.736. The van der Waals surface area contributed by atoms with Crippen LogP contribution in [0.4, 0.5) is 4.39 Å². The van der Waals surface area contributed by atoms with Gasteiger partial charge in [0.2, 0.25) is 20.0 Å². The van der Waals surface area contributed by atoms with Crippen LogP contribution >= 0.6 is 0 Å². The second kappa shape index (κ2) is 7.65. The third-order valence-electron chi connectivity index (χ3n) is 3.46. The molecule has 7 nitrogen and oxygen atoms in total. The molecule has 138 valence electrons. The average molecular weight is 390 g/mol. The van der Waals surface area contributed by atoms with E-state index in [1.165, 1.54) is 19.3 Å². The molecule has 0 bridgehead atoms. The first-order valence-electron chi connectivity index (χ1n) is 7.33. The third-order valence-corrected chi connectivity index (χ3v) is 6.33. The fourth-order valence-corrected chi connectivity index (χ4v) is 4.27. The van der Waals surface area contributed by atoms with Crippen LogP contribution in [0.5, 0.6) is 0 Å². The molecule has 0 saturated carbocycles. The van der Waals surface area contributed by atoms with Crippen molar-refractivity contribution in [1.29, 1.82) is 0 Å². The van der Waals surface area contributed by atoms with Crippen molar-refractivity contribution in [3.8, 4) is 0 Å². The first kappa shape index (κ1) is 19.6. The zero-order valence-electron chi connectivity index (χ0n) is 13.8. The van der Waals surface area contributed by atoms with E-state index < -0.39 is 25.9 Å². The van der Waals surface area contributed by atoms with Crippen molar-refractivity contribution in [3.63, 3.8) is 0 Å². The molecule has 0 aliphatic carbocycles. The van der Waals surface area contributed by atoms with Gasteiger partial charge in [0.25, 0.3) is 0 Å². The fourth-order valence-electron chi connectivity index (χ4n) is 2.24. The van der Waals surface area contributed by atoms with Crippen LogP contribution in [-0.2, 0) is 26.6 Å². The minimum Gasteiger partial charge on any atom is -0.468 e. The maximum atomic E-state index is 13.1. The van der Waals surface area contributed by atoms with E-state index in [1.807, 2.05) is 0 Å². The second-order valence-electron chi connectivity index (χ2n) is 5.48. The van der Waals surface area contributed by atoms with Crippen LogP contribution in [0.2, 0.25) is 0 Å². The smallest absolute Gasteiger partial charge is 0.240 e. The van der Waals surface area contributed by atoms with Crippen LogP contribution < -0.4 is 4.72 Å². The van der Waals surface area contributed by atoms with Gasteiger partial charge in [0, 0.05) is 13.1 Å². The summed E-state index contributed by atoms with van der Waals surface area (Å²) in [4.78, 5) is -0.0501. The van der Waals surface area contributed by atoms with Crippen LogP contribution in [0, 0.1) is 12.7 Å². The number of aryl methyl sites for hydroxylation is 1. The van der Waals surface area contributed by atoms with Gasteiger partial charge in [-0.15, -0.1) is 0 Å². The molecule has 0 radical (unpaired) electrons. The van der Waals surface area contributed by atoms with Crippen molar-refractivity contribution < 1.29 is 25.6 Å². The Morgan fingerprint density at radius 3 is 2.48 bits per heavy atom. The van der Waals surface area contributed by atoms with E-state index in [9.17, 15) is 21.2 Å².